The van der Waals surface area contributed by atoms with Crippen LogP contribution in [-0.2, 0) is 9.47 Å². The number of hydrogen-bond acceptors (Lipinski definition) is 6. The van der Waals surface area contributed by atoms with Gasteiger partial charge in [0.25, 0.3) is 0 Å². The molecule has 2 rings (SSSR count). The first kappa shape index (κ1) is 12.0. The van der Waals surface area contributed by atoms with Gasteiger partial charge >= 0.3 is 0 Å². The lowest BCUT2D eigenvalue weighted by molar-refractivity contribution is 0.0430. The van der Waals surface area contributed by atoms with Gasteiger partial charge in [-0.15, -0.1) is 0 Å². The van der Waals surface area contributed by atoms with Crippen LogP contribution in [0.15, 0.2) is 11.5 Å². The van der Waals surface area contributed by atoms with Crippen molar-refractivity contribution in [1.82, 2.24) is 9.80 Å². The Kier molecular flexibility index (Phi) is 4.07. The smallest absolute Gasteiger partial charge is 0.156 e. The second kappa shape index (κ2) is 5.75. The van der Waals surface area contributed by atoms with Crippen LogP contribution in [0.1, 0.15) is 0 Å². The highest BCUT2D eigenvalue weighted by Crippen LogP contribution is 2.13. The van der Waals surface area contributed by atoms with Gasteiger partial charge in [0.2, 0.25) is 0 Å². The first-order chi connectivity index (χ1) is 8.33. The molecule has 2 heterocycles. The summed E-state index contributed by atoms with van der Waals surface area (Å²) in [7, 11) is 0. The largest absolute Gasteiger partial charge is 0.383 e. The van der Waals surface area contributed by atoms with Crippen LogP contribution in [0.5, 0.6) is 0 Å². The van der Waals surface area contributed by atoms with Crippen molar-refractivity contribution in [2.45, 2.75) is 0 Å². The number of hydrogen-bond donors (Lipinski definition) is 1. The van der Waals surface area contributed by atoms with Crippen LogP contribution in [0.2, 0.25) is 0 Å². The first-order valence-electron chi connectivity index (χ1n) is 5.88. The summed E-state index contributed by atoms with van der Waals surface area (Å²) in [5.41, 5.74) is 6.64. The van der Waals surface area contributed by atoms with E-state index in [0.29, 0.717) is 37.9 Å². The number of ether oxygens (including phenoxy) is 2. The van der Waals surface area contributed by atoms with E-state index in [0.717, 1.165) is 26.2 Å². The van der Waals surface area contributed by atoms with Crippen molar-refractivity contribution < 1.29 is 9.47 Å². The number of allylic oxidation sites excluding steroid dienone is 1. The minimum absolute atomic E-state index is 0.565. The molecule has 0 aliphatic carbocycles. The van der Waals surface area contributed by atoms with Crippen LogP contribution in [-0.4, -0.2) is 62.4 Å². The van der Waals surface area contributed by atoms with Gasteiger partial charge in [-0.25, -0.2) is 0 Å². The zero-order valence-corrected chi connectivity index (χ0v) is 9.89. The molecule has 6 heteroatoms. The third-order valence-corrected chi connectivity index (χ3v) is 3.03. The van der Waals surface area contributed by atoms with Crippen molar-refractivity contribution >= 4 is 0 Å². The average Bonchev–Trinajstić information content (AvgIpc) is 2.42. The van der Waals surface area contributed by atoms with E-state index in [-0.39, 0.29) is 0 Å². The molecule has 0 aromatic heterocycles. The molecule has 0 spiro atoms. The zero-order chi connectivity index (χ0) is 12.1. The molecule has 0 bridgehead atoms. The summed E-state index contributed by atoms with van der Waals surface area (Å²) in [4.78, 5) is 4.01. The Morgan fingerprint density at radius 1 is 0.941 bits per heavy atom. The molecule has 17 heavy (non-hydrogen) atoms. The maximum Gasteiger partial charge on any atom is 0.156 e. The van der Waals surface area contributed by atoms with E-state index in [1.165, 1.54) is 0 Å². The van der Waals surface area contributed by atoms with Gasteiger partial charge in [-0.2, -0.15) is 5.26 Å². The van der Waals surface area contributed by atoms with Crippen molar-refractivity contribution in [3.8, 4) is 6.07 Å². The summed E-state index contributed by atoms with van der Waals surface area (Å²) in [5, 5.41) is 9.25. The molecule has 2 fully saturated rings. The Morgan fingerprint density at radius 2 is 1.41 bits per heavy atom. The van der Waals surface area contributed by atoms with Gasteiger partial charge in [-0.1, -0.05) is 0 Å². The van der Waals surface area contributed by atoms with E-state index in [9.17, 15) is 5.26 Å². The molecule has 0 unspecified atom stereocenters. The van der Waals surface area contributed by atoms with Gasteiger partial charge in [0.1, 0.15) is 11.9 Å². The number of nitrogens with zero attached hydrogens (tertiary/aromatic N) is 3. The highest BCUT2D eigenvalue weighted by molar-refractivity contribution is 5.25. The molecular formula is C11H18N4O2. The van der Waals surface area contributed by atoms with E-state index in [4.69, 9.17) is 15.2 Å². The minimum Gasteiger partial charge on any atom is -0.383 e. The van der Waals surface area contributed by atoms with E-state index in [1.54, 1.807) is 0 Å². The highest BCUT2D eigenvalue weighted by Gasteiger charge is 2.20. The predicted molar refractivity (Wildman–Crippen MR) is 61.6 cm³/mol. The predicted octanol–water partition coefficient (Wildman–Crippen LogP) is -0.698. The molecule has 0 amide bonds. The normalized spacial score (nSPS) is 23.0. The molecule has 0 saturated carbocycles. The van der Waals surface area contributed by atoms with Crippen molar-refractivity contribution in [2.24, 2.45) is 5.73 Å². The van der Waals surface area contributed by atoms with Gasteiger partial charge in [-0.3, -0.25) is 0 Å². The van der Waals surface area contributed by atoms with Gasteiger partial charge in [0.05, 0.1) is 26.4 Å². The van der Waals surface area contributed by atoms with Crippen molar-refractivity contribution in [2.75, 3.05) is 52.6 Å². The summed E-state index contributed by atoms with van der Waals surface area (Å²) >= 11 is 0. The number of nitriles is 1. The molecule has 94 valence electrons. The third kappa shape index (κ3) is 2.81. The second-order valence-corrected chi connectivity index (χ2v) is 4.04. The molecule has 2 N–H and O–H groups in total. The molecule has 2 aliphatic rings. The molecule has 0 radical (unpaired) electrons. The molecular weight excluding hydrogens is 220 g/mol. The van der Waals surface area contributed by atoms with E-state index in [1.807, 2.05) is 9.80 Å². The molecule has 2 saturated heterocycles. The maximum absolute atomic E-state index is 9.25. The Labute approximate surface area is 101 Å². The summed E-state index contributed by atoms with van der Waals surface area (Å²) < 4.78 is 10.5. The fourth-order valence-corrected chi connectivity index (χ4v) is 2.03. The number of rotatable bonds is 2. The molecule has 0 atom stereocenters. The van der Waals surface area contributed by atoms with E-state index >= 15 is 0 Å². The molecule has 2 aliphatic heterocycles. The van der Waals surface area contributed by atoms with Crippen LogP contribution in [0.4, 0.5) is 0 Å². The maximum atomic E-state index is 9.25. The second-order valence-electron chi connectivity index (χ2n) is 4.04. The number of nitrogens with two attached hydrogens (primary N) is 1. The summed E-state index contributed by atoms with van der Waals surface area (Å²) in [5.74, 6) is 0.567. The van der Waals surface area contributed by atoms with Crippen LogP contribution in [0.3, 0.4) is 0 Å². The molecule has 0 aromatic rings. The SMILES string of the molecule is N#C/C(=C(\N)N1CCOCC1)N1CCOCC1. The topological polar surface area (TPSA) is 74.8 Å². The summed E-state index contributed by atoms with van der Waals surface area (Å²) in [6, 6.07) is 2.21. The summed E-state index contributed by atoms with van der Waals surface area (Å²) in [6.07, 6.45) is 0. The lowest BCUT2D eigenvalue weighted by Crippen LogP contribution is -2.43. The number of morpholine rings is 2. The van der Waals surface area contributed by atoms with Gasteiger partial charge in [-0.05, 0) is 0 Å². The monoisotopic (exact) mass is 238 g/mol. The van der Waals surface area contributed by atoms with Crippen LogP contribution in [0.25, 0.3) is 0 Å². The fourth-order valence-electron chi connectivity index (χ4n) is 2.03. The summed E-state index contributed by atoms with van der Waals surface area (Å²) in [6.45, 7) is 5.61. The Bertz CT molecular complexity index is 325. The molecule has 6 nitrogen and oxygen atoms in total. The highest BCUT2D eigenvalue weighted by atomic mass is 16.5. The van der Waals surface area contributed by atoms with Crippen LogP contribution < -0.4 is 5.73 Å². The fraction of sp³-hybridized carbons (Fsp3) is 0.727. The van der Waals surface area contributed by atoms with Gasteiger partial charge in [0, 0.05) is 26.2 Å². The Balaban J connectivity index is 2.10. The lowest BCUT2D eigenvalue weighted by atomic mass is 10.3. The van der Waals surface area contributed by atoms with Crippen molar-refractivity contribution in [1.29, 1.82) is 5.26 Å². The van der Waals surface area contributed by atoms with Gasteiger partial charge in [0.15, 0.2) is 5.70 Å². The van der Waals surface area contributed by atoms with Crippen molar-refractivity contribution in [3.05, 3.63) is 11.5 Å². The Morgan fingerprint density at radius 3 is 1.88 bits per heavy atom. The van der Waals surface area contributed by atoms with Crippen LogP contribution in [0, 0.1) is 11.3 Å². The van der Waals surface area contributed by atoms with Gasteiger partial charge < -0.3 is 25.0 Å². The third-order valence-electron chi connectivity index (χ3n) is 3.03. The first-order valence-corrected chi connectivity index (χ1v) is 5.88. The lowest BCUT2D eigenvalue weighted by Gasteiger charge is -2.33. The van der Waals surface area contributed by atoms with E-state index in [2.05, 4.69) is 6.07 Å². The average molecular weight is 238 g/mol. The minimum atomic E-state index is 0.565. The Hall–Kier alpha value is -1.45. The van der Waals surface area contributed by atoms with E-state index < -0.39 is 0 Å². The zero-order valence-electron chi connectivity index (χ0n) is 9.89. The standard InChI is InChI=1S/C11H18N4O2/c12-9-10(14-1-5-16-6-2-14)11(13)15-3-7-17-8-4-15/h1-8,13H2/b11-10-. The quantitative estimate of drug-likeness (QED) is 0.641. The molecule has 0 aromatic carbocycles. The van der Waals surface area contributed by atoms with Crippen molar-refractivity contribution in [3.63, 3.8) is 0 Å². The van der Waals surface area contributed by atoms with Crippen LogP contribution >= 0.6 is 0 Å².